The zero-order chi connectivity index (χ0) is 9.83. The molecule has 0 bridgehead atoms. The SMILES string of the molecule is CCC[Si](C)(Cl)[Si](C)(Cl)CCC. The Morgan fingerprint density at radius 1 is 0.833 bits per heavy atom. The summed E-state index contributed by atoms with van der Waals surface area (Å²) in [4.78, 5) is 0. The van der Waals surface area contributed by atoms with Crippen molar-refractivity contribution in [3.63, 3.8) is 0 Å². The molecule has 74 valence electrons. The largest absolute Gasteiger partial charge is 0.169 e. The molecule has 0 aromatic carbocycles. The minimum Gasteiger partial charge on any atom is -0.169 e. The molecule has 0 saturated carbocycles. The maximum absolute atomic E-state index is 6.58. The molecule has 0 saturated heterocycles. The topological polar surface area (TPSA) is 0 Å². The molecule has 12 heavy (non-hydrogen) atoms. The lowest BCUT2D eigenvalue weighted by atomic mass is 10.6. The highest BCUT2D eigenvalue weighted by molar-refractivity contribution is 7.70. The summed E-state index contributed by atoms with van der Waals surface area (Å²) in [5, 5.41) is 0. The van der Waals surface area contributed by atoms with E-state index in [9.17, 15) is 0 Å². The molecule has 0 amide bonds. The molecular weight excluding hydrogens is 223 g/mol. The molecular formula is C8H20Cl2Si2. The van der Waals surface area contributed by atoms with Gasteiger partial charge in [0.05, 0.1) is 0 Å². The minimum absolute atomic E-state index is 1.18. The molecule has 0 heterocycles. The lowest BCUT2D eigenvalue weighted by Gasteiger charge is -2.32. The highest BCUT2D eigenvalue weighted by Crippen LogP contribution is 2.35. The van der Waals surface area contributed by atoms with E-state index in [1.165, 1.54) is 24.9 Å². The summed E-state index contributed by atoms with van der Waals surface area (Å²) in [6.07, 6.45) is 2.37. The van der Waals surface area contributed by atoms with Gasteiger partial charge in [-0.15, -0.1) is 0 Å². The molecule has 4 heteroatoms. The predicted octanol–water partition coefficient (Wildman–Crippen LogP) is 4.51. The van der Waals surface area contributed by atoms with Gasteiger partial charge in [0.25, 0.3) is 0 Å². The first-order valence-corrected chi connectivity index (χ1v) is 13.2. The Hall–Kier alpha value is 1.01. The Bertz CT molecular complexity index is 119. The smallest absolute Gasteiger partial charge is 0.162 e. The van der Waals surface area contributed by atoms with Crippen LogP contribution in [0, 0.1) is 0 Å². The van der Waals surface area contributed by atoms with E-state index in [0.717, 1.165) is 0 Å². The van der Waals surface area contributed by atoms with Crippen molar-refractivity contribution in [2.24, 2.45) is 0 Å². The van der Waals surface area contributed by atoms with Crippen LogP contribution in [0.2, 0.25) is 25.2 Å². The molecule has 0 spiro atoms. The molecule has 0 N–H and O–H groups in total. The summed E-state index contributed by atoms with van der Waals surface area (Å²) in [5.74, 6) is 0. The fraction of sp³-hybridized carbons (Fsp3) is 1.00. The molecule has 0 rings (SSSR count). The fourth-order valence-corrected chi connectivity index (χ4v) is 11.8. The van der Waals surface area contributed by atoms with Gasteiger partial charge in [-0.3, -0.25) is 0 Å². The molecule has 2 unspecified atom stereocenters. The average Bonchev–Trinajstić information content (AvgIpc) is 1.86. The van der Waals surface area contributed by atoms with Gasteiger partial charge in [-0.05, 0) is 12.1 Å². The van der Waals surface area contributed by atoms with Gasteiger partial charge in [0.2, 0.25) is 0 Å². The van der Waals surface area contributed by atoms with E-state index >= 15 is 0 Å². The van der Waals surface area contributed by atoms with Gasteiger partial charge in [0.15, 0.2) is 13.8 Å². The lowest BCUT2D eigenvalue weighted by molar-refractivity contribution is 1.05. The first-order chi connectivity index (χ1) is 5.37. The standard InChI is InChI=1S/C8H20Cl2Si2/c1-5-7-11(3,9)12(4,10)8-6-2/h5-8H2,1-4H3. The zero-order valence-electron chi connectivity index (χ0n) is 8.58. The van der Waals surface area contributed by atoms with Crippen LogP contribution in [0.5, 0.6) is 0 Å². The monoisotopic (exact) mass is 242 g/mol. The Kier molecular flexibility index (Phi) is 5.46. The van der Waals surface area contributed by atoms with Crippen molar-refractivity contribution in [1.82, 2.24) is 0 Å². The average molecular weight is 243 g/mol. The zero-order valence-corrected chi connectivity index (χ0v) is 12.1. The lowest BCUT2D eigenvalue weighted by Crippen LogP contribution is -2.50. The number of halogens is 2. The van der Waals surface area contributed by atoms with E-state index in [-0.39, 0.29) is 0 Å². The van der Waals surface area contributed by atoms with Crippen molar-refractivity contribution in [1.29, 1.82) is 0 Å². The summed E-state index contributed by atoms with van der Waals surface area (Å²) < 4.78 is 0. The number of hydrogen-bond acceptors (Lipinski definition) is 0. The molecule has 0 nitrogen and oxygen atoms in total. The van der Waals surface area contributed by atoms with Gasteiger partial charge in [-0.25, -0.2) is 0 Å². The Morgan fingerprint density at radius 2 is 1.08 bits per heavy atom. The van der Waals surface area contributed by atoms with Gasteiger partial charge in [-0.2, -0.15) is 22.2 Å². The van der Waals surface area contributed by atoms with E-state index in [1.807, 2.05) is 0 Å². The summed E-state index contributed by atoms with van der Waals surface area (Å²) in [6.45, 7) is 5.73. The van der Waals surface area contributed by atoms with Crippen LogP contribution >= 0.6 is 22.2 Å². The highest BCUT2D eigenvalue weighted by atomic mass is 35.6. The van der Waals surface area contributed by atoms with Crippen LogP contribution in [0.3, 0.4) is 0 Å². The highest BCUT2D eigenvalue weighted by Gasteiger charge is 2.45. The van der Waals surface area contributed by atoms with E-state index < -0.39 is 13.8 Å². The minimum atomic E-state index is -1.58. The van der Waals surface area contributed by atoms with Crippen LogP contribution < -0.4 is 0 Å². The van der Waals surface area contributed by atoms with E-state index in [2.05, 4.69) is 26.9 Å². The summed E-state index contributed by atoms with van der Waals surface area (Å²) in [7, 11) is 0. The Balaban J connectivity index is 4.28. The third-order valence-electron chi connectivity index (χ3n) is 2.53. The van der Waals surface area contributed by atoms with Crippen LogP contribution in [0.25, 0.3) is 0 Å². The Morgan fingerprint density at radius 3 is 1.25 bits per heavy atom. The molecule has 0 aliphatic heterocycles. The number of rotatable bonds is 5. The molecule has 0 aromatic heterocycles. The molecule has 0 radical (unpaired) electrons. The van der Waals surface area contributed by atoms with Crippen LogP contribution in [0.15, 0.2) is 0 Å². The molecule has 0 aromatic rings. The number of hydrogen-bond donors (Lipinski definition) is 0. The second-order valence-electron chi connectivity index (χ2n) is 3.89. The third kappa shape index (κ3) is 3.40. The first-order valence-electron chi connectivity index (χ1n) is 4.75. The van der Waals surface area contributed by atoms with Crippen molar-refractivity contribution >= 4 is 36.0 Å². The van der Waals surface area contributed by atoms with Crippen LogP contribution in [0.1, 0.15) is 26.7 Å². The van der Waals surface area contributed by atoms with Crippen molar-refractivity contribution < 1.29 is 0 Å². The second-order valence-corrected chi connectivity index (χ2v) is 23.2. The van der Waals surface area contributed by atoms with Crippen LogP contribution in [-0.4, -0.2) is 13.8 Å². The maximum atomic E-state index is 6.58. The molecule has 0 aliphatic carbocycles. The van der Waals surface area contributed by atoms with Crippen molar-refractivity contribution in [3.8, 4) is 0 Å². The van der Waals surface area contributed by atoms with E-state index in [0.29, 0.717) is 0 Å². The van der Waals surface area contributed by atoms with Crippen molar-refractivity contribution in [2.45, 2.75) is 51.9 Å². The normalized spacial score (nSPS) is 21.5. The maximum Gasteiger partial charge on any atom is 0.162 e. The van der Waals surface area contributed by atoms with E-state index in [4.69, 9.17) is 22.2 Å². The van der Waals surface area contributed by atoms with Gasteiger partial charge < -0.3 is 0 Å². The predicted molar refractivity (Wildman–Crippen MR) is 65.1 cm³/mol. The van der Waals surface area contributed by atoms with Gasteiger partial charge in [-0.1, -0.05) is 39.8 Å². The molecule has 0 aliphatic rings. The second kappa shape index (κ2) is 5.03. The van der Waals surface area contributed by atoms with Crippen LogP contribution in [0.4, 0.5) is 0 Å². The van der Waals surface area contributed by atoms with Crippen LogP contribution in [-0.2, 0) is 0 Å². The first kappa shape index (κ1) is 13.0. The van der Waals surface area contributed by atoms with Crippen molar-refractivity contribution in [3.05, 3.63) is 0 Å². The van der Waals surface area contributed by atoms with Gasteiger partial charge in [0.1, 0.15) is 0 Å². The van der Waals surface area contributed by atoms with Crippen molar-refractivity contribution in [2.75, 3.05) is 0 Å². The summed E-state index contributed by atoms with van der Waals surface area (Å²) in [6, 6.07) is 2.36. The third-order valence-corrected chi connectivity index (χ3v) is 25.1. The summed E-state index contributed by atoms with van der Waals surface area (Å²) >= 11 is 13.2. The Labute approximate surface area is 87.9 Å². The quantitative estimate of drug-likeness (QED) is 0.492. The fourth-order valence-electron chi connectivity index (χ4n) is 1.46. The summed E-state index contributed by atoms with van der Waals surface area (Å²) in [5.41, 5.74) is 0. The van der Waals surface area contributed by atoms with Gasteiger partial charge in [0, 0.05) is 0 Å². The molecule has 0 fully saturated rings. The molecule has 2 atom stereocenters. The van der Waals surface area contributed by atoms with E-state index in [1.54, 1.807) is 0 Å². The van der Waals surface area contributed by atoms with Gasteiger partial charge >= 0.3 is 0 Å².